The molecule has 8 heteroatoms. The number of imide groups is 1. The SMILES string of the molecule is O=C1S/C(=C\c2cccc([N+](=O)[O-])c2)C(=O)N1Cc1ccccc1Br. The Hall–Kier alpha value is -2.45. The van der Waals surface area contributed by atoms with Crippen LogP contribution in [0.15, 0.2) is 57.9 Å². The van der Waals surface area contributed by atoms with Gasteiger partial charge in [0.25, 0.3) is 16.8 Å². The van der Waals surface area contributed by atoms with Crippen molar-refractivity contribution in [2.24, 2.45) is 0 Å². The molecule has 1 fully saturated rings. The highest BCUT2D eigenvalue weighted by molar-refractivity contribution is 9.10. The van der Waals surface area contributed by atoms with Gasteiger partial charge in [-0.1, -0.05) is 46.3 Å². The van der Waals surface area contributed by atoms with E-state index in [0.29, 0.717) is 5.56 Å². The largest absolute Gasteiger partial charge is 0.293 e. The number of non-ortho nitro benzene ring substituents is 1. The lowest BCUT2D eigenvalue weighted by Gasteiger charge is -2.13. The molecular formula is C17H11BrN2O4S. The molecule has 25 heavy (non-hydrogen) atoms. The Bertz CT molecular complexity index is 913. The Labute approximate surface area is 155 Å². The van der Waals surface area contributed by atoms with Gasteiger partial charge in [-0.15, -0.1) is 0 Å². The maximum Gasteiger partial charge on any atom is 0.293 e. The van der Waals surface area contributed by atoms with Crippen LogP contribution >= 0.6 is 27.7 Å². The third-order valence-electron chi connectivity index (χ3n) is 3.54. The van der Waals surface area contributed by atoms with Gasteiger partial charge in [0.05, 0.1) is 16.4 Å². The number of carbonyl (C=O) groups excluding carboxylic acids is 2. The summed E-state index contributed by atoms with van der Waals surface area (Å²) in [5.74, 6) is -0.405. The fraction of sp³-hybridized carbons (Fsp3) is 0.0588. The number of nitro groups is 1. The summed E-state index contributed by atoms with van der Waals surface area (Å²) in [5.41, 5.74) is 1.25. The fourth-order valence-corrected chi connectivity index (χ4v) is 3.56. The number of nitrogens with zero attached hydrogens (tertiary/aromatic N) is 2. The zero-order valence-corrected chi connectivity index (χ0v) is 15.1. The molecule has 0 atom stereocenters. The van der Waals surface area contributed by atoms with E-state index in [-0.39, 0.29) is 22.4 Å². The van der Waals surface area contributed by atoms with Crippen molar-refractivity contribution >= 4 is 50.6 Å². The molecular weight excluding hydrogens is 408 g/mol. The van der Waals surface area contributed by atoms with E-state index < -0.39 is 10.8 Å². The molecule has 2 amide bonds. The van der Waals surface area contributed by atoms with Gasteiger partial charge in [-0.2, -0.15) is 0 Å². The van der Waals surface area contributed by atoms with Crippen molar-refractivity contribution in [2.75, 3.05) is 0 Å². The van der Waals surface area contributed by atoms with Crippen LogP contribution in [0.3, 0.4) is 0 Å². The summed E-state index contributed by atoms with van der Waals surface area (Å²) in [5, 5.41) is 10.5. The van der Waals surface area contributed by atoms with E-state index in [0.717, 1.165) is 26.7 Å². The third kappa shape index (κ3) is 3.80. The first kappa shape index (κ1) is 17.4. The second-order valence-corrected chi connectivity index (χ2v) is 7.06. The van der Waals surface area contributed by atoms with E-state index in [1.807, 2.05) is 24.3 Å². The van der Waals surface area contributed by atoms with Crippen LogP contribution in [0.2, 0.25) is 0 Å². The van der Waals surface area contributed by atoms with Gasteiger partial charge in [0.2, 0.25) is 0 Å². The molecule has 0 radical (unpaired) electrons. The standard InChI is InChI=1S/C17H11BrN2O4S/c18-14-7-2-1-5-12(14)10-19-16(21)15(25-17(19)22)9-11-4-3-6-13(8-11)20(23)24/h1-9H,10H2/b15-9-. The molecule has 6 nitrogen and oxygen atoms in total. The van der Waals surface area contributed by atoms with E-state index in [1.165, 1.54) is 24.3 Å². The van der Waals surface area contributed by atoms with Crippen molar-refractivity contribution in [3.8, 4) is 0 Å². The first-order valence-corrected chi connectivity index (χ1v) is 8.80. The second-order valence-electron chi connectivity index (χ2n) is 5.21. The number of hydrogen-bond acceptors (Lipinski definition) is 5. The van der Waals surface area contributed by atoms with Crippen LogP contribution in [-0.2, 0) is 11.3 Å². The summed E-state index contributed by atoms with van der Waals surface area (Å²) in [7, 11) is 0. The molecule has 0 saturated carbocycles. The zero-order valence-electron chi connectivity index (χ0n) is 12.7. The summed E-state index contributed by atoms with van der Waals surface area (Å²) < 4.78 is 0.816. The van der Waals surface area contributed by atoms with Gasteiger partial charge in [0.1, 0.15) is 0 Å². The first-order valence-electron chi connectivity index (χ1n) is 7.19. The van der Waals surface area contributed by atoms with Crippen LogP contribution in [-0.4, -0.2) is 21.0 Å². The van der Waals surface area contributed by atoms with Gasteiger partial charge in [0.15, 0.2) is 0 Å². The van der Waals surface area contributed by atoms with Gasteiger partial charge < -0.3 is 0 Å². The number of amides is 2. The molecule has 1 saturated heterocycles. The number of thioether (sulfide) groups is 1. The van der Waals surface area contributed by atoms with Crippen LogP contribution in [0, 0.1) is 10.1 Å². The topological polar surface area (TPSA) is 80.5 Å². The van der Waals surface area contributed by atoms with Gasteiger partial charge in [0, 0.05) is 16.6 Å². The minimum absolute atomic E-state index is 0.0683. The van der Waals surface area contributed by atoms with Gasteiger partial charge in [-0.05, 0) is 35.0 Å². The zero-order chi connectivity index (χ0) is 18.0. The Morgan fingerprint density at radius 1 is 1.16 bits per heavy atom. The summed E-state index contributed by atoms with van der Waals surface area (Å²) in [6, 6.07) is 13.3. The molecule has 0 aromatic heterocycles. The lowest BCUT2D eigenvalue weighted by atomic mass is 10.2. The summed E-state index contributed by atoms with van der Waals surface area (Å²) in [6.45, 7) is 0.165. The number of nitro benzene ring substituents is 1. The van der Waals surface area contributed by atoms with Crippen molar-refractivity contribution in [1.29, 1.82) is 0 Å². The van der Waals surface area contributed by atoms with E-state index in [9.17, 15) is 19.7 Å². The average molecular weight is 419 g/mol. The van der Waals surface area contributed by atoms with Crippen molar-refractivity contribution in [3.05, 3.63) is 79.2 Å². The molecule has 1 aliphatic heterocycles. The Morgan fingerprint density at radius 3 is 2.64 bits per heavy atom. The molecule has 1 aliphatic rings. The van der Waals surface area contributed by atoms with Gasteiger partial charge in [-0.25, -0.2) is 0 Å². The van der Waals surface area contributed by atoms with E-state index in [4.69, 9.17) is 0 Å². The summed E-state index contributed by atoms with van der Waals surface area (Å²) in [6.07, 6.45) is 1.50. The monoisotopic (exact) mass is 418 g/mol. The number of rotatable bonds is 4. The molecule has 0 aliphatic carbocycles. The Kier molecular flexibility index (Phi) is 5.00. The molecule has 2 aromatic rings. The van der Waals surface area contributed by atoms with Crippen molar-refractivity contribution in [1.82, 2.24) is 4.90 Å². The Balaban J connectivity index is 1.85. The van der Waals surface area contributed by atoms with E-state index in [2.05, 4.69) is 15.9 Å². The highest BCUT2D eigenvalue weighted by Gasteiger charge is 2.35. The van der Waals surface area contributed by atoms with Crippen LogP contribution in [0.25, 0.3) is 6.08 Å². The number of halogens is 1. The number of carbonyl (C=O) groups is 2. The second kappa shape index (κ2) is 7.20. The molecule has 126 valence electrons. The minimum atomic E-state index is -0.504. The third-order valence-corrected chi connectivity index (χ3v) is 5.22. The predicted molar refractivity (Wildman–Crippen MR) is 98.8 cm³/mol. The highest BCUT2D eigenvalue weighted by atomic mass is 79.9. The van der Waals surface area contributed by atoms with E-state index in [1.54, 1.807) is 6.07 Å². The van der Waals surface area contributed by atoms with Crippen LogP contribution in [0.1, 0.15) is 11.1 Å². The Morgan fingerprint density at radius 2 is 1.92 bits per heavy atom. The molecule has 1 heterocycles. The molecule has 0 N–H and O–H groups in total. The first-order chi connectivity index (χ1) is 12.0. The quantitative estimate of drug-likeness (QED) is 0.411. The molecule has 3 rings (SSSR count). The van der Waals surface area contributed by atoms with Crippen LogP contribution in [0.5, 0.6) is 0 Å². The molecule has 2 aromatic carbocycles. The minimum Gasteiger partial charge on any atom is -0.268 e. The summed E-state index contributed by atoms with van der Waals surface area (Å²) in [4.78, 5) is 36.4. The van der Waals surface area contributed by atoms with Crippen molar-refractivity contribution < 1.29 is 14.5 Å². The molecule has 0 spiro atoms. The van der Waals surface area contributed by atoms with Crippen LogP contribution < -0.4 is 0 Å². The fourth-order valence-electron chi connectivity index (χ4n) is 2.31. The highest BCUT2D eigenvalue weighted by Crippen LogP contribution is 2.34. The van der Waals surface area contributed by atoms with Gasteiger partial charge in [-0.3, -0.25) is 24.6 Å². The smallest absolute Gasteiger partial charge is 0.268 e. The van der Waals surface area contributed by atoms with E-state index >= 15 is 0 Å². The van der Waals surface area contributed by atoms with Crippen LogP contribution in [0.4, 0.5) is 10.5 Å². The molecule has 0 unspecified atom stereocenters. The maximum atomic E-state index is 12.5. The average Bonchev–Trinajstić information content (AvgIpc) is 2.84. The van der Waals surface area contributed by atoms with Gasteiger partial charge >= 0.3 is 0 Å². The van der Waals surface area contributed by atoms with Crippen molar-refractivity contribution in [3.63, 3.8) is 0 Å². The lowest BCUT2D eigenvalue weighted by molar-refractivity contribution is -0.384. The molecule has 0 bridgehead atoms. The number of hydrogen-bond donors (Lipinski definition) is 0. The lowest BCUT2D eigenvalue weighted by Crippen LogP contribution is -2.27. The normalized spacial score (nSPS) is 15.9. The summed E-state index contributed by atoms with van der Waals surface area (Å²) >= 11 is 4.23. The maximum absolute atomic E-state index is 12.5. The van der Waals surface area contributed by atoms with Crippen molar-refractivity contribution in [2.45, 2.75) is 6.54 Å². The predicted octanol–water partition coefficient (Wildman–Crippen LogP) is 4.59. The number of benzene rings is 2.